The third-order valence-corrected chi connectivity index (χ3v) is 6.55. The lowest BCUT2D eigenvalue weighted by atomic mass is 9.29. The lowest BCUT2D eigenvalue weighted by Crippen LogP contribution is -2.62. The zero-order valence-corrected chi connectivity index (χ0v) is 15.1. The van der Waals surface area contributed by atoms with Gasteiger partial charge in [0.25, 0.3) is 0 Å². The molecule has 4 aromatic carbocycles. The molecule has 0 spiro atoms. The van der Waals surface area contributed by atoms with E-state index in [9.17, 15) is 0 Å². The van der Waals surface area contributed by atoms with Gasteiger partial charge in [-0.3, -0.25) is 0 Å². The standard InChI is InChI=1S/C25H19B/c1-25(2)19-11-4-6-13-22(19)26-21-12-5-3-9-17(21)18-10-7-8-16-14-15-20(25)24(26)23(16)18/h3-15H,1-2H3. The predicted molar refractivity (Wildman–Crippen MR) is 113 cm³/mol. The van der Waals surface area contributed by atoms with Crippen LogP contribution in [0.1, 0.15) is 25.0 Å². The summed E-state index contributed by atoms with van der Waals surface area (Å²) in [4.78, 5) is 0. The van der Waals surface area contributed by atoms with Gasteiger partial charge in [0.15, 0.2) is 0 Å². The molecule has 2 aliphatic rings. The SMILES string of the molecule is CC1(C)c2ccccc2B2c3ccccc3-c3cccc4ccc1c2c34. The van der Waals surface area contributed by atoms with Crippen molar-refractivity contribution >= 4 is 33.9 Å². The highest BCUT2D eigenvalue weighted by Crippen LogP contribution is 2.39. The van der Waals surface area contributed by atoms with Gasteiger partial charge in [0.2, 0.25) is 6.71 Å². The molecule has 0 atom stereocenters. The molecule has 0 aliphatic carbocycles. The average Bonchev–Trinajstić information content (AvgIpc) is 2.68. The largest absolute Gasteiger partial charge is 0.243 e. The molecule has 4 aromatic rings. The summed E-state index contributed by atoms with van der Waals surface area (Å²) in [7, 11) is 0. The molecule has 0 amide bonds. The summed E-state index contributed by atoms with van der Waals surface area (Å²) in [6.45, 7) is 5.09. The normalized spacial score (nSPS) is 15.5. The van der Waals surface area contributed by atoms with Crippen molar-refractivity contribution < 1.29 is 0 Å². The molecule has 0 bridgehead atoms. The molecular formula is C25H19B. The van der Waals surface area contributed by atoms with Crippen LogP contribution in [0.15, 0.2) is 78.9 Å². The van der Waals surface area contributed by atoms with Gasteiger partial charge in [-0.15, -0.1) is 0 Å². The van der Waals surface area contributed by atoms with Crippen molar-refractivity contribution in [2.75, 3.05) is 0 Å². The van der Waals surface area contributed by atoms with Gasteiger partial charge in [-0.1, -0.05) is 109 Å². The summed E-state index contributed by atoms with van der Waals surface area (Å²) in [5.41, 5.74) is 10.2. The second-order valence-corrected chi connectivity index (χ2v) is 8.16. The van der Waals surface area contributed by atoms with Crippen LogP contribution in [0.4, 0.5) is 0 Å². The third-order valence-electron chi connectivity index (χ3n) is 6.55. The van der Waals surface area contributed by atoms with E-state index >= 15 is 0 Å². The van der Waals surface area contributed by atoms with Crippen molar-refractivity contribution in [1.29, 1.82) is 0 Å². The van der Waals surface area contributed by atoms with E-state index in [1.807, 2.05) is 0 Å². The lowest BCUT2D eigenvalue weighted by Gasteiger charge is -2.41. The van der Waals surface area contributed by atoms with E-state index in [0.717, 1.165) is 0 Å². The topological polar surface area (TPSA) is 0 Å². The Labute approximate surface area is 154 Å². The van der Waals surface area contributed by atoms with Crippen LogP contribution in [0.2, 0.25) is 0 Å². The molecule has 1 heteroatoms. The number of hydrogen-bond acceptors (Lipinski definition) is 0. The fourth-order valence-corrected chi connectivity index (χ4v) is 5.41. The summed E-state index contributed by atoms with van der Waals surface area (Å²) in [6, 6.07) is 29.5. The van der Waals surface area contributed by atoms with Gasteiger partial charge in [-0.25, -0.2) is 0 Å². The zero-order valence-electron chi connectivity index (χ0n) is 15.1. The highest BCUT2D eigenvalue weighted by molar-refractivity contribution is 6.99. The first-order valence-corrected chi connectivity index (χ1v) is 9.43. The molecule has 2 aliphatic heterocycles. The smallest absolute Gasteiger partial charge is 0.0667 e. The molecule has 6 rings (SSSR count). The second-order valence-electron chi connectivity index (χ2n) is 8.16. The van der Waals surface area contributed by atoms with Gasteiger partial charge in [-0.2, -0.15) is 0 Å². The van der Waals surface area contributed by atoms with Crippen molar-refractivity contribution in [1.82, 2.24) is 0 Å². The van der Waals surface area contributed by atoms with E-state index < -0.39 is 0 Å². The van der Waals surface area contributed by atoms with Gasteiger partial charge < -0.3 is 0 Å². The summed E-state index contributed by atoms with van der Waals surface area (Å²) in [6.07, 6.45) is 0. The van der Waals surface area contributed by atoms with Crippen LogP contribution in [0.5, 0.6) is 0 Å². The second kappa shape index (κ2) is 4.68. The summed E-state index contributed by atoms with van der Waals surface area (Å²) in [5.74, 6) is 0. The van der Waals surface area contributed by atoms with E-state index in [4.69, 9.17) is 0 Å². The number of rotatable bonds is 0. The van der Waals surface area contributed by atoms with E-state index in [0.29, 0.717) is 6.71 Å². The average molecular weight is 330 g/mol. The quantitative estimate of drug-likeness (QED) is 0.377. The Morgan fingerprint density at radius 3 is 2.23 bits per heavy atom. The first-order valence-electron chi connectivity index (χ1n) is 9.43. The zero-order chi connectivity index (χ0) is 17.5. The predicted octanol–water partition coefficient (Wildman–Crippen LogP) is 3.98. The Balaban J connectivity index is 1.89. The molecule has 122 valence electrons. The molecule has 0 saturated carbocycles. The Kier molecular flexibility index (Phi) is 2.59. The van der Waals surface area contributed by atoms with Crippen molar-refractivity contribution in [3.05, 3.63) is 90.0 Å². The molecule has 0 aromatic heterocycles. The van der Waals surface area contributed by atoms with E-state index in [2.05, 4.69) is 92.7 Å². The molecule has 0 saturated heterocycles. The van der Waals surface area contributed by atoms with Gasteiger partial charge in [-0.05, 0) is 33.0 Å². The monoisotopic (exact) mass is 330 g/mol. The van der Waals surface area contributed by atoms with Gasteiger partial charge in [0, 0.05) is 5.41 Å². The molecule has 2 heterocycles. The van der Waals surface area contributed by atoms with Gasteiger partial charge in [0.05, 0.1) is 0 Å². The molecule has 26 heavy (non-hydrogen) atoms. The fourth-order valence-electron chi connectivity index (χ4n) is 5.41. The molecule has 0 radical (unpaired) electrons. The Morgan fingerprint density at radius 1 is 0.615 bits per heavy atom. The maximum absolute atomic E-state index is 2.38. The van der Waals surface area contributed by atoms with E-state index in [1.165, 1.54) is 49.4 Å². The van der Waals surface area contributed by atoms with Crippen LogP contribution in [-0.4, -0.2) is 6.71 Å². The third kappa shape index (κ3) is 1.57. The van der Waals surface area contributed by atoms with Crippen LogP contribution in [0, 0.1) is 0 Å². The van der Waals surface area contributed by atoms with E-state index in [-0.39, 0.29) is 5.41 Å². The molecule has 0 fully saturated rings. The highest BCUT2D eigenvalue weighted by Gasteiger charge is 2.43. The van der Waals surface area contributed by atoms with Crippen LogP contribution in [-0.2, 0) is 5.41 Å². The van der Waals surface area contributed by atoms with Crippen LogP contribution in [0.25, 0.3) is 21.9 Å². The first kappa shape index (κ1) is 14.4. The Morgan fingerprint density at radius 2 is 1.35 bits per heavy atom. The lowest BCUT2D eigenvalue weighted by molar-refractivity contribution is 0.647. The van der Waals surface area contributed by atoms with Crippen molar-refractivity contribution in [3.63, 3.8) is 0 Å². The minimum absolute atomic E-state index is 0.0238. The number of hydrogen-bond donors (Lipinski definition) is 0. The van der Waals surface area contributed by atoms with Crippen LogP contribution >= 0.6 is 0 Å². The Bertz CT molecular complexity index is 1220. The Hall–Kier alpha value is -2.80. The maximum atomic E-state index is 2.38. The molecule has 0 unspecified atom stereocenters. The molecule has 0 N–H and O–H groups in total. The van der Waals surface area contributed by atoms with Crippen molar-refractivity contribution in [2.24, 2.45) is 0 Å². The van der Waals surface area contributed by atoms with Crippen LogP contribution < -0.4 is 16.4 Å². The summed E-state index contributed by atoms with van der Waals surface area (Å²) >= 11 is 0. The summed E-state index contributed by atoms with van der Waals surface area (Å²) < 4.78 is 0. The summed E-state index contributed by atoms with van der Waals surface area (Å²) in [5, 5.41) is 2.81. The van der Waals surface area contributed by atoms with Gasteiger partial charge in [0.1, 0.15) is 0 Å². The fraction of sp³-hybridized carbons (Fsp3) is 0.120. The van der Waals surface area contributed by atoms with Crippen molar-refractivity contribution in [3.8, 4) is 11.1 Å². The number of benzene rings is 4. The maximum Gasteiger partial charge on any atom is 0.243 e. The number of fused-ring (bicyclic) bond motifs is 5. The van der Waals surface area contributed by atoms with Crippen molar-refractivity contribution in [2.45, 2.75) is 19.3 Å². The molecular weight excluding hydrogens is 311 g/mol. The first-order chi connectivity index (χ1) is 12.7. The molecule has 0 nitrogen and oxygen atoms in total. The van der Waals surface area contributed by atoms with Crippen LogP contribution in [0.3, 0.4) is 0 Å². The minimum Gasteiger partial charge on any atom is -0.0667 e. The van der Waals surface area contributed by atoms with E-state index in [1.54, 1.807) is 0 Å². The van der Waals surface area contributed by atoms with Gasteiger partial charge >= 0.3 is 0 Å². The highest BCUT2D eigenvalue weighted by atomic mass is 14.4. The minimum atomic E-state index is 0.0238.